The molecular formula is C17H18ClN3O. The first-order valence-electron chi connectivity index (χ1n) is 7.30. The minimum Gasteiger partial charge on any atom is -0.330 e. The van der Waals surface area contributed by atoms with Crippen LogP contribution in [0.5, 0.6) is 0 Å². The lowest BCUT2D eigenvalue weighted by Crippen LogP contribution is -2.20. The summed E-state index contributed by atoms with van der Waals surface area (Å²) in [5.74, 6) is 0.985. The average molecular weight is 316 g/mol. The summed E-state index contributed by atoms with van der Waals surface area (Å²) in [4.78, 5) is 12.1. The zero-order chi connectivity index (χ0) is 15.5. The topological polar surface area (TPSA) is 67.1 Å². The zero-order valence-electron chi connectivity index (χ0n) is 12.1. The summed E-state index contributed by atoms with van der Waals surface area (Å²) in [5, 5.41) is 6.35. The third kappa shape index (κ3) is 3.40. The molecule has 4 N–H and O–H groups in total. The maximum atomic E-state index is 12.1. The van der Waals surface area contributed by atoms with E-state index in [2.05, 4.69) is 16.7 Å². The number of rotatable bonds is 4. The Morgan fingerprint density at radius 2 is 1.86 bits per heavy atom. The van der Waals surface area contributed by atoms with Crippen molar-refractivity contribution in [3.8, 4) is 0 Å². The highest BCUT2D eigenvalue weighted by Gasteiger charge is 2.38. The Balaban J connectivity index is 1.68. The van der Waals surface area contributed by atoms with Crippen LogP contribution in [0.25, 0.3) is 0 Å². The molecule has 2 aromatic rings. The van der Waals surface area contributed by atoms with Gasteiger partial charge in [0.25, 0.3) is 0 Å². The van der Waals surface area contributed by atoms with Crippen LogP contribution in [0.15, 0.2) is 48.5 Å². The number of urea groups is 1. The smallest absolute Gasteiger partial charge is 0.323 e. The van der Waals surface area contributed by atoms with Crippen molar-refractivity contribution in [2.24, 2.45) is 11.7 Å². The quantitative estimate of drug-likeness (QED) is 0.797. The van der Waals surface area contributed by atoms with E-state index in [-0.39, 0.29) is 6.03 Å². The Labute approximate surface area is 134 Å². The first-order valence-corrected chi connectivity index (χ1v) is 7.67. The fourth-order valence-electron chi connectivity index (χ4n) is 2.64. The first kappa shape index (κ1) is 14.9. The summed E-state index contributed by atoms with van der Waals surface area (Å²) in [7, 11) is 0. The highest BCUT2D eigenvalue weighted by atomic mass is 35.5. The molecule has 4 nitrogen and oxygen atoms in total. The van der Waals surface area contributed by atoms with Gasteiger partial charge in [0.1, 0.15) is 0 Å². The Morgan fingerprint density at radius 3 is 2.55 bits per heavy atom. The summed E-state index contributed by atoms with van der Waals surface area (Å²) < 4.78 is 0. The molecule has 114 valence electrons. The number of carbonyl (C=O) groups is 1. The lowest BCUT2D eigenvalue weighted by molar-refractivity contribution is 0.262. The Morgan fingerprint density at radius 1 is 1.14 bits per heavy atom. The number of amides is 2. The van der Waals surface area contributed by atoms with Crippen molar-refractivity contribution < 1.29 is 4.79 Å². The number of hydrogen-bond donors (Lipinski definition) is 3. The summed E-state index contributed by atoms with van der Waals surface area (Å²) in [6.45, 7) is 0.690. The van der Waals surface area contributed by atoms with E-state index < -0.39 is 0 Å². The van der Waals surface area contributed by atoms with Crippen molar-refractivity contribution in [1.29, 1.82) is 0 Å². The molecule has 0 unspecified atom stereocenters. The molecule has 22 heavy (non-hydrogen) atoms. The van der Waals surface area contributed by atoms with E-state index in [1.165, 1.54) is 0 Å². The van der Waals surface area contributed by atoms with Gasteiger partial charge in [-0.25, -0.2) is 4.79 Å². The molecule has 1 saturated carbocycles. The highest BCUT2D eigenvalue weighted by molar-refractivity contribution is 6.30. The Bertz CT molecular complexity index is 672. The van der Waals surface area contributed by atoms with Crippen LogP contribution >= 0.6 is 11.6 Å². The van der Waals surface area contributed by atoms with Gasteiger partial charge in [-0.3, -0.25) is 0 Å². The zero-order valence-corrected chi connectivity index (χ0v) is 12.8. The molecule has 0 saturated heterocycles. The van der Waals surface area contributed by atoms with Gasteiger partial charge in [0.15, 0.2) is 0 Å². The maximum absolute atomic E-state index is 12.1. The van der Waals surface area contributed by atoms with E-state index >= 15 is 0 Å². The van der Waals surface area contributed by atoms with Crippen LogP contribution < -0.4 is 16.4 Å². The normalized spacial score (nSPS) is 19.5. The van der Waals surface area contributed by atoms with Crippen molar-refractivity contribution in [3.05, 3.63) is 59.1 Å². The van der Waals surface area contributed by atoms with Crippen molar-refractivity contribution in [2.75, 3.05) is 17.2 Å². The number of anilines is 2. The van der Waals surface area contributed by atoms with E-state index in [0.29, 0.717) is 29.1 Å². The average Bonchev–Trinajstić information content (AvgIpc) is 3.30. The molecular weight excluding hydrogens is 298 g/mol. The highest BCUT2D eigenvalue weighted by Crippen LogP contribution is 2.48. The van der Waals surface area contributed by atoms with Gasteiger partial charge in [0.05, 0.1) is 0 Å². The molecule has 1 aliphatic carbocycles. The Hall–Kier alpha value is -2.04. The summed E-state index contributed by atoms with van der Waals surface area (Å²) in [6.07, 6.45) is 1.09. The van der Waals surface area contributed by atoms with E-state index in [1.54, 1.807) is 24.3 Å². The van der Waals surface area contributed by atoms with Gasteiger partial charge in [-0.15, -0.1) is 0 Å². The van der Waals surface area contributed by atoms with Gasteiger partial charge < -0.3 is 16.4 Å². The molecule has 0 heterocycles. The molecule has 2 atom stereocenters. The predicted molar refractivity (Wildman–Crippen MR) is 90.4 cm³/mol. The van der Waals surface area contributed by atoms with Crippen LogP contribution in [0.2, 0.25) is 5.02 Å². The van der Waals surface area contributed by atoms with E-state index in [1.807, 2.05) is 18.2 Å². The number of benzene rings is 2. The fraction of sp³-hybridized carbons (Fsp3) is 0.235. The SMILES string of the molecule is NC[C@H]1C[C@@H]1c1ccccc1NC(=O)Nc1ccc(Cl)cc1. The molecule has 0 radical (unpaired) electrons. The molecule has 3 rings (SSSR count). The molecule has 1 fully saturated rings. The van der Waals surface area contributed by atoms with Crippen LogP contribution in [0.1, 0.15) is 17.9 Å². The lowest BCUT2D eigenvalue weighted by Gasteiger charge is -2.12. The molecule has 0 spiro atoms. The third-order valence-corrected chi connectivity index (χ3v) is 4.19. The first-order chi connectivity index (χ1) is 10.7. The van der Waals surface area contributed by atoms with Gasteiger partial charge in [-0.2, -0.15) is 0 Å². The maximum Gasteiger partial charge on any atom is 0.323 e. The minimum absolute atomic E-state index is 0.264. The van der Waals surface area contributed by atoms with Gasteiger partial charge >= 0.3 is 6.03 Å². The van der Waals surface area contributed by atoms with E-state index in [4.69, 9.17) is 17.3 Å². The molecule has 0 aromatic heterocycles. The van der Waals surface area contributed by atoms with Crippen molar-refractivity contribution >= 4 is 29.0 Å². The Kier molecular flexibility index (Phi) is 4.32. The van der Waals surface area contributed by atoms with Crippen LogP contribution in [0, 0.1) is 5.92 Å². The van der Waals surface area contributed by atoms with Crippen LogP contribution in [-0.2, 0) is 0 Å². The molecule has 5 heteroatoms. The monoisotopic (exact) mass is 315 g/mol. The standard InChI is InChI=1S/C17H18ClN3O/c18-12-5-7-13(8-6-12)20-17(22)21-16-4-2-1-3-14(16)15-9-11(15)10-19/h1-8,11,15H,9-10,19H2,(H2,20,21,22)/t11-,15+/m1/s1. The molecule has 2 amide bonds. The second-order valence-corrected chi connectivity index (χ2v) is 5.95. The predicted octanol–water partition coefficient (Wildman–Crippen LogP) is 4.05. The summed E-state index contributed by atoms with van der Waals surface area (Å²) >= 11 is 5.83. The number of nitrogens with one attached hydrogen (secondary N) is 2. The number of hydrogen-bond acceptors (Lipinski definition) is 2. The lowest BCUT2D eigenvalue weighted by atomic mass is 10.1. The summed E-state index contributed by atoms with van der Waals surface area (Å²) in [5.41, 5.74) is 8.42. The number of nitrogens with two attached hydrogens (primary N) is 1. The van der Waals surface area contributed by atoms with Crippen molar-refractivity contribution in [1.82, 2.24) is 0 Å². The third-order valence-electron chi connectivity index (χ3n) is 3.94. The van der Waals surface area contributed by atoms with Gasteiger partial charge in [0, 0.05) is 16.4 Å². The molecule has 0 aliphatic heterocycles. The summed E-state index contributed by atoms with van der Waals surface area (Å²) in [6, 6.07) is 14.6. The minimum atomic E-state index is -0.264. The number of para-hydroxylation sites is 1. The molecule has 0 bridgehead atoms. The second kappa shape index (κ2) is 6.38. The van der Waals surface area contributed by atoms with Crippen molar-refractivity contribution in [3.63, 3.8) is 0 Å². The second-order valence-electron chi connectivity index (χ2n) is 5.51. The van der Waals surface area contributed by atoms with Crippen LogP contribution in [-0.4, -0.2) is 12.6 Å². The van der Waals surface area contributed by atoms with Gasteiger partial charge in [-0.1, -0.05) is 29.8 Å². The van der Waals surface area contributed by atoms with E-state index in [9.17, 15) is 4.79 Å². The van der Waals surface area contributed by atoms with Gasteiger partial charge in [-0.05, 0) is 60.7 Å². The molecule has 2 aromatic carbocycles. The largest absolute Gasteiger partial charge is 0.330 e. The van der Waals surface area contributed by atoms with Crippen LogP contribution in [0.4, 0.5) is 16.2 Å². The van der Waals surface area contributed by atoms with E-state index in [0.717, 1.165) is 17.7 Å². The van der Waals surface area contributed by atoms with Gasteiger partial charge in [0.2, 0.25) is 0 Å². The fourth-order valence-corrected chi connectivity index (χ4v) is 2.77. The number of halogens is 1. The molecule has 1 aliphatic rings. The van der Waals surface area contributed by atoms with Crippen LogP contribution in [0.3, 0.4) is 0 Å². The van der Waals surface area contributed by atoms with Crippen molar-refractivity contribution in [2.45, 2.75) is 12.3 Å². The number of carbonyl (C=O) groups excluding carboxylic acids is 1.